The van der Waals surface area contributed by atoms with E-state index in [-0.39, 0.29) is 6.04 Å². The average molecular weight is 374 g/mol. The monoisotopic (exact) mass is 374 g/mol. The summed E-state index contributed by atoms with van der Waals surface area (Å²) in [6.07, 6.45) is 1.49. The molecule has 0 aliphatic carbocycles. The molecule has 9 heteroatoms. The summed E-state index contributed by atoms with van der Waals surface area (Å²) in [5, 5.41) is 2.69. The topological polar surface area (TPSA) is 102 Å². The van der Waals surface area contributed by atoms with E-state index in [0.29, 0.717) is 0 Å². The zero-order valence-corrected chi connectivity index (χ0v) is 15.2. The molecule has 0 radical (unpaired) electrons. The Hall–Kier alpha value is -2.00. The molecule has 0 aliphatic heterocycles. The van der Waals surface area contributed by atoms with Crippen LogP contribution in [0, 0.1) is 5.82 Å². The van der Waals surface area contributed by atoms with Gasteiger partial charge in [-0.05, 0) is 31.9 Å². The van der Waals surface area contributed by atoms with E-state index >= 15 is 0 Å². The number of esters is 1. The number of hydrogen-bond acceptors (Lipinski definition) is 5. The lowest BCUT2D eigenvalue weighted by molar-refractivity contribution is -0.150. The fraction of sp³-hybridized carbons (Fsp3) is 0.500. The zero-order valence-electron chi connectivity index (χ0n) is 14.4. The third-order valence-corrected chi connectivity index (χ3v) is 5.08. The maximum absolute atomic E-state index is 13.6. The SMILES string of the molecule is CCC(CC)NC(=O)COC(=O)[C@H](C)NS(=O)(=O)c1ccccc1F. The van der Waals surface area contributed by atoms with E-state index < -0.39 is 45.3 Å². The third-order valence-electron chi connectivity index (χ3n) is 3.51. The Morgan fingerprint density at radius 3 is 2.36 bits per heavy atom. The van der Waals surface area contributed by atoms with E-state index in [9.17, 15) is 22.4 Å². The molecule has 0 heterocycles. The van der Waals surface area contributed by atoms with Crippen LogP contribution in [0.4, 0.5) is 4.39 Å². The summed E-state index contributed by atoms with van der Waals surface area (Å²) >= 11 is 0. The first kappa shape index (κ1) is 21.0. The van der Waals surface area contributed by atoms with Gasteiger partial charge in [-0.3, -0.25) is 9.59 Å². The highest BCUT2D eigenvalue weighted by Crippen LogP contribution is 2.13. The van der Waals surface area contributed by atoms with Crippen molar-refractivity contribution in [3.63, 3.8) is 0 Å². The molecule has 0 spiro atoms. The highest BCUT2D eigenvalue weighted by atomic mass is 32.2. The number of carbonyl (C=O) groups excluding carboxylic acids is 2. The van der Waals surface area contributed by atoms with Crippen LogP contribution in [0.5, 0.6) is 0 Å². The molecule has 0 aromatic heterocycles. The number of rotatable bonds is 9. The fourth-order valence-electron chi connectivity index (χ4n) is 2.03. The summed E-state index contributed by atoms with van der Waals surface area (Å²) in [6, 6.07) is 3.51. The van der Waals surface area contributed by atoms with Gasteiger partial charge in [0.25, 0.3) is 5.91 Å². The van der Waals surface area contributed by atoms with Gasteiger partial charge < -0.3 is 10.1 Å². The summed E-state index contributed by atoms with van der Waals surface area (Å²) in [7, 11) is -4.23. The van der Waals surface area contributed by atoms with Crippen molar-refractivity contribution in [3.8, 4) is 0 Å². The van der Waals surface area contributed by atoms with Crippen molar-refractivity contribution in [2.75, 3.05) is 6.61 Å². The number of amides is 1. The fourth-order valence-corrected chi connectivity index (χ4v) is 3.30. The number of benzene rings is 1. The Balaban J connectivity index is 2.60. The van der Waals surface area contributed by atoms with E-state index in [2.05, 4.69) is 5.32 Å². The van der Waals surface area contributed by atoms with Crippen molar-refractivity contribution in [2.24, 2.45) is 0 Å². The van der Waals surface area contributed by atoms with Gasteiger partial charge in [-0.15, -0.1) is 0 Å². The smallest absolute Gasteiger partial charge is 0.324 e. The summed E-state index contributed by atoms with van der Waals surface area (Å²) in [5.41, 5.74) is 0. The van der Waals surface area contributed by atoms with Crippen LogP contribution in [0.25, 0.3) is 0 Å². The van der Waals surface area contributed by atoms with Gasteiger partial charge in [0.05, 0.1) is 0 Å². The summed E-state index contributed by atoms with van der Waals surface area (Å²) in [4.78, 5) is 22.9. The third kappa shape index (κ3) is 6.43. The molecule has 0 aliphatic rings. The van der Waals surface area contributed by atoms with E-state index in [1.807, 2.05) is 18.6 Å². The molecule has 25 heavy (non-hydrogen) atoms. The molecular weight excluding hydrogens is 351 g/mol. The normalized spacial score (nSPS) is 12.7. The Kier molecular flexibility index (Phi) is 7.98. The highest BCUT2D eigenvalue weighted by molar-refractivity contribution is 7.89. The van der Waals surface area contributed by atoms with Crippen LogP contribution in [0.2, 0.25) is 0 Å². The minimum Gasteiger partial charge on any atom is -0.454 e. The first-order chi connectivity index (χ1) is 11.7. The van der Waals surface area contributed by atoms with Crippen molar-refractivity contribution in [1.29, 1.82) is 0 Å². The molecule has 1 atom stereocenters. The summed E-state index contributed by atoms with van der Waals surface area (Å²) in [5.74, 6) is -2.33. The standard InChI is InChI=1S/C16H23FN2O5S/c1-4-12(5-2)18-15(20)10-24-16(21)11(3)19-25(22,23)14-9-7-6-8-13(14)17/h6-9,11-12,19H,4-5,10H2,1-3H3,(H,18,20)/t11-/m0/s1. The van der Waals surface area contributed by atoms with Gasteiger partial charge in [-0.2, -0.15) is 4.72 Å². The Morgan fingerprint density at radius 2 is 1.80 bits per heavy atom. The first-order valence-corrected chi connectivity index (χ1v) is 9.42. The molecule has 0 fully saturated rings. The molecule has 7 nitrogen and oxygen atoms in total. The lowest BCUT2D eigenvalue weighted by Crippen LogP contribution is -2.42. The molecule has 2 N–H and O–H groups in total. The van der Waals surface area contributed by atoms with E-state index in [4.69, 9.17) is 4.74 Å². The minimum atomic E-state index is -4.23. The van der Waals surface area contributed by atoms with Crippen molar-refractivity contribution < 1.29 is 27.1 Å². The van der Waals surface area contributed by atoms with E-state index in [0.717, 1.165) is 25.0 Å². The van der Waals surface area contributed by atoms with Crippen LogP contribution in [0.15, 0.2) is 29.2 Å². The Labute approximate surface area is 147 Å². The molecule has 1 aromatic rings. The predicted molar refractivity (Wildman–Crippen MR) is 89.7 cm³/mol. The number of hydrogen-bond donors (Lipinski definition) is 2. The van der Waals surface area contributed by atoms with Crippen LogP contribution in [0.1, 0.15) is 33.6 Å². The average Bonchev–Trinajstić information content (AvgIpc) is 2.57. The Morgan fingerprint density at radius 1 is 1.20 bits per heavy atom. The van der Waals surface area contributed by atoms with Gasteiger partial charge in [0.15, 0.2) is 6.61 Å². The zero-order chi connectivity index (χ0) is 19.0. The van der Waals surface area contributed by atoms with E-state index in [1.54, 1.807) is 0 Å². The van der Waals surface area contributed by atoms with Gasteiger partial charge in [-0.25, -0.2) is 12.8 Å². The first-order valence-electron chi connectivity index (χ1n) is 7.94. The van der Waals surface area contributed by atoms with Gasteiger partial charge in [0, 0.05) is 6.04 Å². The molecule has 0 bridgehead atoms. The second kappa shape index (κ2) is 9.47. The second-order valence-electron chi connectivity index (χ2n) is 5.46. The molecule has 140 valence electrons. The predicted octanol–water partition coefficient (Wildman–Crippen LogP) is 1.34. The van der Waals surface area contributed by atoms with Crippen molar-refractivity contribution in [1.82, 2.24) is 10.0 Å². The highest BCUT2D eigenvalue weighted by Gasteiger charge is 2.25. The van der Waals surface area contributed by atoms with Gasteiger partial charge in [0.2, 0.25) is 10.0 Å². The molecule has 1 rings (SSSR count). The number of halogens is 1. The van der Waals surface area contributed by atoms with Gasteiger partial charge in [0.1, 0.15) is 16.8 Å². The number of ether oxygens (including phenoxy) is 1. The van der Waals surface area contributed by atoms with E-state index in [1.165, 1.54) is 19.1 Å². The molecular formula is C16H23FN2O5S. The number of nitrogens with one attached hydrogen (secondary N) is 2. The lowest BCUT2D eigenvalue weighted by atomic mass is 10.2. The molecule has 1 amide bonds. The molecule has 0 saturated carbocycles. The largest absolute Gasteiger partial charge is 0.454 e. The van der Waals surface area contributed by atoms with Gasteiger partial charge >= 0.3 is 5.97 Å². The van der Waals surface area contributed by atoms with Crippen molar-refractivity contribution in [3.05, 3.63) is 30.1 Å². The van der Waals surface area contributed by atoms with Crippen LogP contribution >= 0.6 is 0 Å². The molecule has 0 saturated heterocycles. The maximum Gasteiger partial charge on any atom is 0.324 e. The maximum atomic E-state index is 13.6. The second-order valence-corrected chi connectivity index (χ2v) is 7.14. The van der Waals surface area contributed by atoms with Crippen molar-refractivity contribution in [2.45, 2.75) is 50.6 Å². The number of sulfonamides is 1. The van der Waals surface area contributed by atoms with Crippen LogP contribution in [-0.2, 0) is 24.3 Å². The summed E-state index contributed by atoms with van der Waals surface area (Å²) < 4.78 is 44.6. The van der Waals surface area contributed by atoms with Crippen molar-refractivity contribution >= 4 is 21.9 Å². The quantitative estimate of drug-likeness (QED) is 0.635. The molecule has 1 aromatic carbocycles. The lowest BCUT2D eigenvalue weighted by Gasteiger charge is -2.16. The summed E-state index contributed by atoms with van der Waals surface area (Å²) in [6.45, 7) is 4.57. The van der Waals surface area contributed by atoms with Gasteiger partial charge in [-0.1, -0.05) is 26.0 Å². The minimum absolute atomic E-state index is 0.0109. The molecule has 0 unspecified atom stereocenters. The number of carbonyl (C=O) groups is 2. The van der Waals surface area contributed by atoms with Crippen LogP contribution in [0.3, 0.4) is 0 Å². The van der Waals surface area contributed by atoms with Crippen LogP contribution < -0.4 is 10.0 Å². The Bertz CT molecular complexity index is 704. The van der Waals surface area contributed by atoms with Crippen LogP contribution in [-0.4, -0.2) is 39.0 Å².